The maximum absolute atomic E-state index is 13.5. The summed E-state index contributed by atoms with van der Waals surface area (Å²) in [6, 6.07) is 11.6. The van der Waals surface area contributed by atoms with Gasteiger partial charge in [-0.25, -0.2) is 13.6 Å². The minimum Gasteiger partial charge on any atom is -0.320 e. The fraction of sp³-hybridized carbons (Fsp3) is 0.188. The van der Waals surface area contributed by atoms with Crippen molar-refractivity contribution in [2.24, 2.45) is 0 Å². The number of rotatable bonds is 4. The number of halogens is 2. The fourth-order valence-electron chi connectivity index (χ4n) is 1.94. The highest BCUT2D eigenvalue weighted by atomic mass is 19.1. The van der Waals surface area contributed by atoms with Crippen LogP contribution >= 0.6 is 0 Å². The van der Waals surface area contributed by atoms with Crippen LogP contribution in [0.2, 0.25) is 0 Å². The minimum atomic E-state index is -0.493. The van der Waals surface area contributed by atoms with E-state index < -0.39 is 11.8 Å². The molecule has 0 aliphatic rings. The van der Waals surface area contributed by atoms with E-state index in [0.29, 0.717) is 12.1 Å². The number of amides is 2. The zero-order valence-electron chi connectivity index (χ0n) is 11.6. The molecule has 0 saturated carbocycles. The molecule has 0 aromatic heterocycles. The van der Waals surface area contributed by atoms with E-state index in [2.05, 4.69) is 5.32 Å². The topological polar surface area (TPSA) is 32.3 Å². The van der Waals surface area contributed by atoms with Crippen molar-refractivity contribution in [2.75, 3.05) is 11.9 Å². The number of benzene rings is 2. The number of anilines is 1. The molecular weight excluding hydrogens is 274 g/mol. The Morgan fingerprint density at radius 2 is 1.90 bits per heavy atom. The number of nitrogens with zero attached hydrogens (tertiary/aromatic N) is 1. The van der Waals surface area contributed by atoms with Crippen LogP contribution < -0.4 is 5.32 Å². The van der Waals surface area contributed by atoms with Gasteiger partial charge in [0, 0.05) is 13.1 Å². The Morgan fingerprint density at radius 1 is 1.14 bits per heavy atom. The third kappa shape index (κ3) is 4.02. The first-order valence-electron chi connectivity index (χ1n) is 6.65. The predicted octanol–water partition coefficient (Wildman–Crippen LogP) is 4.02. The summed E-state index contributed by atoms with van der Waals surface area (Å²) >= 11 is 0. The van der Waals surface area contributed by atoms with Crippen LogP contribution in [0.4, 0.5) is 19.3 Å². The Morgan fingerprint density at radius 3 is 2.57 bits per heavy atom. The summed E-state index contributed by atoms with van der Waals surface area (Å²) in [4.78, 5) is 13.6. The Bertz CT molecular complexity index is 631. The molecule has 110 valence electrons. The lowest BCUT2D eigenvalue weighted by Gasteiger charge is -2.21. The van der Waals surface area contributed by atoms with Crippen molar-refractivity contribution >= 4 is 11.7 Å². The maximum atomic E-state index is 13.5. The average molecular weight is 290 g/mol. The van der Waals surface area contributed by atoms with Crippen LogP contribution in [0.5, 0.6) is 0 Å². The molecule has 0 heterocycles. The first-order chi connectivity index (χ1) is 10.1. The van der Waals surface area contributed by atoms with Gasteiger partial charge in [0.15, 0.2) is 0 Å². The lowest BCUT2D eigenvalue weighted by molar-refractivity contribution is 0.212. The highest BCUT2D eigenvalue weighted by molar-refractivity contribution is 5.89. The smallest absolute Gasteiger partial charge is 0.320 e. The molecule has 0 aliphatic heterocycles. The largest absolute Gasteiger partial charge is 0.322 e. The van der Waals surface area contributed by atoms with Gasteiger partial charge in [0.25, 0.3) is 0 Å². The second-order valence-electron chi connectivity index (χ2n) is 4.55. The Balaban J connectivity index is 2.07. The van der Waals surface area contributed by atoms with Crippen molar-refractivity contribution in [3.8, 4) is 0 Å². The summed E-state index contributed by atoms with van der Waals surface area (Å²) in [5.74, 6) is -0.842. The van der Waals surface area contributed by atoms with E-state index in [4.69, 9.17) is 0 Å². The van der Waals surface area contributed by atoms with Crippen LogP contribution in [-0.2, 0) is 6.54 Å². The molecule has 3 nitrogen and oxygen atoms in total. The highest BCUT2D eigenvalue weighted by Crippen LogP contribution is 2.14. The van der Waals surface area contributed by atoms with Crippen molar-refractivity contribution in [3.63, 3.8) is 0 Å². The molecule has 2 rings (SSSR count). The third-order valence-electron chi connectivity index (χ3n) is 3.05. The van der Waals surface area contributed by atoms with Gasteiger partial charge >= 0.3 is 6.03 Å². The van der Waals surface area contributed by atoms with Crippen molar-refractivity contribution in [3.05, 3.63) is 65.7 Å². The first kappa shape index (κ1) is 15.0. The molecule has 0 bridgehead atoms. The number of carbonyl (C=O) groups is 1. The van der Waals surface area contributed by atoms with Crippen LogP contribution in [-0.4, -0.2) is 17.5 Å². The van der Waals surface area contributed by atoms with Crippen molar-refractivity contribution in [1.82, 2.24) is 4.90 Å². The van der Waals surface area contributed by atoms with Crippen LogP contribution in [0.15, 0.2) is 48.5 Å². The summed E-state index contributed by atoms with van der Waals surface area (Å²) in [6.45, 7) is 2.49. The summed E-state index contributed by atoms with van der Waals surface area (Å²) in [7, 11) is 0. The van der Waals surface area contributed by atoms with E-state index in [-0.39, 0.29) is 18.0 Å². The molecule has 21 heavy (non-hydrogen) atoms. The van der Waals surface area contributed by atoms with Gasteiger partial charge in [-0.15, -0.1) is 0 Å². The van der Waals surface area contributed by atoms with E-state index in [9.17, 15) is 13.6 Å². The van der Waals surface area contributed by atoms with E-state index in [1.807, 2.05) is 0 Å². The maximum Gasteiger partial charge on any atom is 0.322 e. The predicted molar refractivity (Wildman–Crippen MR) is 77.9 cm³/mol. The zero-order chi connectivity index (χ0) is 15.2. The number of nitrogens with one attached hydrogen (secondary N) is 1. The second kappa shape index (κ2) is 6.83. The summed E-state index contributed by atoms with van der Waals surface area (Å²) in [6.07, 6.45) is 0. The average Bonchev–Trinajstić information content (AvgIpc) is 2.47. The minimum absolute atomic E-state index is 0.125. The standard InChI is InChI=1S/C16H16F2N2O/c1-2-20(11-12-6-5-7-13(17)10-12)16(21)19-15-9-4-3-8-14(15)18/h3-10H,2,11H2,1H3,(H,19,21). The molecule has 2 aromatic carbocycles. The molecule has 0 saturated heterocycles. The van der Waals surface area contributed by atoms with Crippen molar-refractivity contribution < 1.29 is 13.6 Å². The molecule has 2 amide bonds. The summed E-state index contributed by atoms with van der Waals surface area (Å²) in [5, 5.41) is 2.51. The monoisotopic (exact) mass is 290 g/mol. The van der Waals surface area contributed by atoms with Gasteiger partial charge in [0.2, 0.25) is 0 Å². The van der Waals surface area contributed by atoms with Gasteiger partial charge in [-0.05, 0) is 36.8 Å². The van der Waals surface area contributed by atoms with Gasteiger partial charge in [0.05, 0.1) is 5.69 Å². The van der Waals surface area contributed by atoms with Gasteiger partial charge in [0.1, 0.15) is 11.6 Å². The van der Waals surface area contributed by atoms with Crippen LogP contribution in [0, 0.1) is 11.6 Å². The molecule has 0 atom stereocenters. The fourth-order valence-corrected chi connectivity index (χ4v) is 1.94. The lowest BCUT2D eigenvalue weighted by atomic mass is 10.2. The van der Waals surface area contributed by atoms with Crippen molar-refractivity contribution in [1.29, 1.82) is 0 Å². The molecule has 5 heteroatoms. The van der Waals surface area contributed by atoms with E-state index >= 15 is 0 Å². The Hall–Kier alpha value is -2.43. The number of urea groups is 1. The second-order valence-corrected chi connectivity index (χ2v) is 4.55. The first-order valence-corrected chi connectivity index (χ1v) is 6.65. The molecule has 0 unspecified atom stereocenters. The van der Waals surface area contributed by atoms with Crippen LogP contribution in [0.3, 0.4) is 0 Å². The lowest BCUT2D eigenvalue weighted by Crippen LogP contribution is -2.34. The molecular formula is C16H16F2N2O. The molecule has 0 spiro atoms. The number of para-hydroxylation sites is 1. The van der Waals surface area contributed by atoms with Gasteiger partial charge in [-0.1, -0.05) is 24.3 Å². The summed E-state index contributed by atoms with van der Waals surface area (Å²) < 4.78 is 26.7. The normalized spacial score (nSPS) is 10.2. The van der Waals surface area contributed by atoms with E-state index in [1.165, 1.54) is 29.2 Å². The van der Waals surface area contributed by atoms with E-state index in [1.54, 1.807) is 31.2 Å². The van der Waals surface area contributed by atoms with Gasteiger partial charge in [-0.2, -0.15) is 0 Å². The van der Waals surface area contributed by atoms with E-state index in [0.717, 1.165) is 0 Å². The molecule has 0 radical (unpaired) electrons. The molecule has 0 aliphatic carbocycles. The third-order valence-corrected chi connectivity index (χ3v) is 3.05. The molecule has 1 N–H and O–H groups in total. The van der Waals surface area contributed by atoms with Gasteiger partial charge < -0.3 is 10.2 Å². The van der Waals surface area contributed by atoms with Crippen molar-refractivity contribution in [2.45, 2.75) is 13.5 Å². The number of carbonyl (C=O) groups excluding carboxylic acids is 1. The quantitative estimate of drug-likeness (QED) is 0.906. The Kier molecular flexibility index (Phi) is 4.87. The van der Waals surface area contributed by atoms with Crippen LogP contribution in [0.1, 0.15) is 12.5 Å². The SMILES string of the molecule is CCN(Cc1cccc(F)c1)C(=O)Nc1ccccc1F. The van der Waals surface area contributed by atoms with Gasteiger partial charge in [-0.3, -0.25) is 0 Å². The molecule has 0 fully saturated rings. The number of hydrogen-bond donors (Lipinski definition) is 1. The zero-order valence-corrected chi connectivity index (χ0v) is 11.6. The summed E-state index contributed by atoms with van der Waals surface area (Å²) in [5.41, 5.74) is 0.806. The molecule has 2 aromatic rings. The number of hydrogen-bond acceptors (Lipinski definition) is 1. The van der Waals surface area contributed by atoms with Crippen LogP contribution in [0.25, 0.3) is 0 Å². The Labute approximate surface area is 122 Å². The highest BCUT2D eigenvalue weighted by Gasteiger charge is 2.14.